The van der Waals surface area contributed by atoms with E-state index >= 15 is 0 Å². The van der Waals surface area contributed by atoms with E-state index in [2.05, 4.69) is 36.4 Å². The lowest BCUT2D eigenvalue weighted by molar-refractivity contribution is -0.938. The zero-order chi connectivity index (χ0) is 13.9. The van der Waals surface area contributed by atoms with Crippen LogP contribution in [-0.4, -0.2) is 40.4 Å². The van der Waals surface area contributed by atoms with Crippen molar-refractivity contribution in [3.63, 3.8) is 0 Å². The van der Waals surface area contributed by atoms with E-state index in [1.165, 1.54) is 54.1 Å². The smallest absolute Gasteiger partial charge is 0.144 e. The molecule has 2 aliphatic rings. The van der Waals surface area contributed by atoms with Crippen LogP contribution in [0.15, 0.2) is 0 Å². The number of likely N-dealkylation sites (tertiary alicyclic amines) is 1. The quantitative estimate of drug-likeness (QED) is 0.310. The highest BCUT2D eigenvalue weighted by atomic mass is 127. The first kappa shape index (κ1) is 19.1. The average Bonchev–Trinajstić information content (AvgIpc) is 2.69. The van der Waals surface area contributed by atoms with Crippen molar-refractivity contribution in [2.45, 2.75) is 64.8 Å². The van der Waals surface area contributed by atoms with Crippen molar-refractivity contribution in [2.24, 2.45) is 5.41 Å². The molecule has 4 heteroatoms. The summed E-state index contributed by atoms with van der Waals surface area (Å²) < 4.78 is 2.45. The van der Waals surface area contributed by atoms with Gasteiger partial charge < -0.3 is 28.5 Å². The molecule has 2 atom stereocenters. The average molecular weight is 505 g/mol. The van der Waals surface area contributed by atoms with Gasteiger partial charge >= 0.3 is 0 Å². The van der Waals surface area contributed by atoms with Crippen molar-refractivity contribution < 1.29 is 33.3 Å². The van der Waals surface area contributed by atoms with Gasteiger partial charge in [-0.3, -0.25) is 4.79 Å². The first-order valence-corrected chi connectivity index (χ1v) is 9.60. The van der Waals surface area contributed by atoms with Gasteiger partial charge in [-0.2, -0.15) is 0 Å². The number of alkyl halides is 1. The molecule has 1 heterocycles. The van der Waals surface area contributed by atoms with Gasteiger partial charge in [-0.05, 0) is 25.7 Å². The molecule has 2 unspecified atom stereocenters. The number of hydrogen-bond acceptors (Lipinski definition) is 1. The largest absolute Gasteiger partial charge is 1.00 e. The Balaban J connectivity index is 0.00000200. The van der Waals surface area contributed by atoms with Gasteiger partial charge in [-0.15, -0.1) is 0 Å². The highest BCUT2D eigenvalue weighted by Crippen LogP contribution is 2.48. The third-order valence-electron chi connectivity index (χ3n) is 5.44. The molecule has 20 heavy (non-hydrogen) atoms. The summed E-state index contributed by atoms with van der Waals surface area (Å²) in [5.41, 5.74) is 0.0679. The third kappa shape index (κ3) is 3.53. The van der Waals surface area contributed by atoms with Gasteiger partial charge in [0.1, 0.15) is 5.78 Å². The molecular weight excluding hydrogens is 476 g/mol. The second kappa shape index (κ2) is 8.09. The lowest BCUT2D eigenvalue weighted by atomic mass is 9.72. The van der Waals surface area contributed by atoms with E-state index in [1.54, 1.807) is 0 Å². The normalized spacial score (nSPS) is 32.4. The van der Waals surface area contributed by atoms with Gasteiger partial charge in [-0.25, -0.2) is 0 Å². The summed E-state index contributed by atoms with van der Waals surface area (Å²) in [4.78, 5) is 12.6. The number of carbonyl (C=O) groups is 1. The molecule has 2 rings (SSSR count). The number of rotatable bonds is 5. The summed E-state index contributed by atoms with van der Waals surface area (Å²) in [5.74, 6) is 0.598. The Kier molecular flexibility index (Phi) is 7.74. The minimum Gasteiger partial charge on any atom is -1.00 e. The molecule has 0 amide bonds. The van der Waals surface area contributed by atoms with E-state index < -0.39 is 0 Å². The number of halogens is 2. The van der Waals surface area contributed by atoms with E-state index in [-0.39, 0.29) is 29.4 Å². The van der Waals surface area contributed by atoms with Gasteiger partial charge in [-0.1, -0.05) is 42.9 Å². The first-order valence-electron chi connectivity index (χ1n) is 8.07. The molecular formula is C16H29I2NO. The van der Waals surface area contributed by atoms with Gasteiger partial charge in [0.2, 0.25) is 0 Å². The SMILES string of the molecule is CCC[N+]1(CCC)CC2(CCCCC2=O)CC1CI.[I-]. The molecule has 0 aromatic carbocycles. The van der Waals surface area contributed by atoms with E-state index in [1.807, 2.05) is 0 Å². The molecule has 0 bridgehead atoms. The van der Waals surface area contributed by atoms with Crippen LogP contribution in [0.2, 0.25) is 0 Å². The monoisotopic (exact) mass is 505 g/mol. The minimum atomic E-state index is 0. The Morgan fingerprint density at radius 1 is 1.25 bits per heavy atom. The minimum absolute atomic E-state index is 0. The summed E-state index contributed by atoms with van der Waals surface area (Å²) in [6.45, 7) is 8.30. The van der Waals surface area contributed by atoms with Crippen molar-refractivity contribution in [1.82, 2.24) is 0 Å². The molecule has 0 aromatic rings. The summed E-state index contributed by atoms with van der Waals surface area (Å²) in [6.07, 6.45) is 8.11. The maximum Gasteiger partial charge on any atom is 0.144 e. The lowest BCUT2D eigenvalue weighted by Crippen LogP contribution is -3.00. The molecule has 1 aliphatic carbocycles. The Morgan fingerprint density at radius 2 is 1.90 bits per heavy atom. The molecule has 2 nitrogen and oxygen atoms in total. The zero-order valence-electron chi connectivity index (χ0n) is 13.0. The number of carbonyl (C=O) groups excluding carboxylic acids is 1. The molecule has 1 saturated carbocycles. The van der Waals surface area contributed by atoms with Gasteiger partial charge in [0.05, 0.1) is 35.5 Å². The third-order valence-corrected chi connectivity index (χ3v) is 6.45. The van der Waals surface area contributed by atoms with Crippen LogP contribution in [0, 0.1) is 5.41 Å². The number of hydrogen-bond donors (Lipinski definition) is 0. The van der Waals surface area contributed by atoms with Crippen LogP contribution in [0.5, 0.6) is 0 Å². The van der Waals surface area contributed by atoms with Crippen LogP contribution in [0.25, 0.3) is 0 Å². The predicted octanol–water partition coefficient (Wildman–Crippen LogP) is 0.964. The van der Waals surface area contributed by atoms with Crippen molar-refractivity contribution in [1.29, 1.82) is 0 Å². The second-order valence-electron chi connectivity index (χ2n) is 6.75. The van der Waals surface area contributed by atoms with E-state index in [4.69, 9.17) is 0 Å². The predicted molar refractivity (Wildman–Crippen MR) is 88.6 cm³/mol. The molecule has 0 N–H and O–H groups in total. The highest BCUT2D eigenvalue weighted by Gasteiger charge is 2.57. The van der Waals surface area contributed by atoms with Gasteiger partial charge in [0.15, 0.2) is 0 Å². The van der Waals surface area contributed by atoms with Gasteiger partial charge in [0, 0.05) is 12.8 Å². The molecule has 118 valence electrons. The van der Waals surface area contributed by atoms with Crippen LogP contribution in [-0.2, 0) is 4.79 Å². The van der Waals surface area contributed by atoms with Crippen LogP contribution in [0.1, 0.15) is 58.8 Å². The van der Waals surface area contributed by atoms with Gasteiger partial charge in [0.25, 0.3) is 0 Å². The van der Waals surface area contributed by atoms with Crippen LogP contribution in [0.3, 0.4) is 0 Å². The summed E-state index contributed by atoms with van der Waals surface area (Å²) >= 11 is 2.55. The van der Waals surface area contributed by atoms with Crippen LogP contribution in [0.4, 0.5) is 0 Å². The van der Waals surface area contributed by atoms with E-state index in [0.29, 0.717) is 5.78 Å². The Labute approximate surface area is 155 Å². The first-order chi connectivity index (χ1) is 9.12. The van der Waals surface area contributed by atoms with Crippen LogP contribution >= 0.6 is 22.6 Å². The summed E-state index contributed by atoms with van der Waals surface area (Å²) in [7, 11) is 0. The fraction of sp³-hybridized carbons (Fsp3) is 0.938. The molecule has 0 radical (unpaired) electrons. The molecule has 1 saturated heterocycles. The maximum absolute atomic E-state index is 12.6. The topological polar surface area (TPSA) is 17.1 Å². The molecule has 0 aromatic heterocycles. The highest BCUT2D eigenvalue weighted by molar-refractivity contribution is 14.1. The van der Waals surface area contributed by atoms with E-state index in [0.717, 1.165) is 25.4 Å². The number of nitrogens with zero attached hydrogens (tertiary/aromatic N) is 1. The van der Waals surface area contributed by atoms with Crippen LogP contribution < -0.4 is 24.0 Å². The summed E-state index contributed by atoms with van der Waals surface area (Å²) in [6, 6.07) is 0.725. The number of Topliss-reactive ketones (excluding diaryl/α,β-unsaturated/α-hetero) is 1. The fourth-order valence-electron chi connectivity index (χ4n) is 4.70. The molecule has 2 fully saturated rings. The summed E-state index contributed by atoms with van der Waals surface area (Å²) in [5, 5.41) is 0. The standard InChI is InChI=1S/C16H29INO.HI/c1-3-9-18(10-4-2)13-16(11-14(18)12-17)8-6-5-7-15(16)19;/h14H,3-13H2,1-2H3;1H/q+1;/p-1. The number of quaternary nitrogens is 1. The Bertz CT molecular complexity index is 328. The van der Waals surface area contributed by atoms with Crippen molar-refractivity contribution in [3.8, 4) is 0 Å². The van der Waals surface area contributed by atoms with E-state index in [9.17, 15) is 4.79 Å². The number of ketones is 1. The Hall–Kier alpha value is 1.09. The Morgan fingerprint density at radius 3 is 2.40 bits per heavy atom. The molecule has 1 spiro atoms. The lowest BCUT2D eigenvalue weighted by Gasteiger charge is -2.41. The fourth-order valence-corrected chi connectivity index (χ4v) is 5.85. The maximum atomic E-state index is 12.6. The van der Waals surface area contributed by atoms with Crippen molar-refractivity contribution in [2.75, 3.05) is 24.1 Å². The molecule has 1 aliphatic heterocycles. The zero-order valence-corrected chi connectivity index (χ0v) is 17.3. The van der Waals surface area contributed by atoms with Crippen molar-refractivity contribution in [3.05, 3.63) is 0 Å². The van der Waals surface area contributed by atoms with Crippen molar-refractivity contribution >= 4 is 28.4 Å². The second-order valence-corrected chi connectivity index (χ2v) is 7.63.